The monoisotopic (exact) mass is 565 g/mol. The van der Waals surface area contributed by atoms with Crippen LogP contribution in [0.1, 0.15) is 73.1 Å². The van der Waals surface area contributed by atoms with E-state index in [0.717, 1.165) is 44.9 Å². The van der Waals surface area contributed by atoms with Crippen molar-refractivity contribution in [1.82, 2.24) is 20.4 Å². The summed E-state index contributed by atoms with van der Waals surface area (Å²) in [6, 6.07) is 0.403. The van der Waals surface area contributed by atoms with Crippen LogP contribution in [0.4, 0.5) is 4.79 Å². The molecule has 2 fully saturated rings. The Kier molecular flexibility index (Phi) is 12.1. The molecule has 1 aliphatic carbocycles. The number of halogens is 1. The Morgan fingerprint density at radius 3 is 2.31 bits per heavy atom. The first-order valence-corrected chi connectivity index (χ1v) is 11.9. The molecule has 2 N–H and O–H groups in total. The van der Waals surface area contributed by atoms with E-state index in [1.165, 1.54) is 12.8 Å². The predicted octanol–water partition coefficient (Wildman–Crippen LogP) is 3.60. The molecule has 32 heavy (non-hydrogen) atoms. The van der Waals surface area contributed by atoms with Crippen LogP contribution in [0.5, 0.6) is 0 Å². The van der Waals surface area contributed by atoms with Crippen molar-refractivity contribution in [3.8, 4) is 0 Å². The van der Waals surface area contributed by atoms with Crippen LogP contribution < -0.4 is 10.6 Å². The van der Waals surface area contributed by atoms with Crippen molar-refractivity contribution in [2.45, 2.75) is 90.8 Å². The van der Waals surface area contributed by atoms with Gasteiger partial charge >= 0.3 is 6.09 Å². The SMILES string of the molecule is CCC(C)NC(=O)CCNC(=NC)N1CCC(N(CC2CC2)C(=O)OC(C)(C)C)CC1.I. The third-order valence-corrected chi connectivity index (χ3v) is 5.85. The van der Waals surface area contributed by atoms with E-state index in [4.69, 9.17) is 4.74 Å². The zero-order valence-corrected chi connectivity index (χ0v) is 23.1. The minimum absolute atomic E-state index is 0. The molecule has 0 aromatic rings. The van der Waals surface area contributed by atoms with Crippen LogP contribution in [-0.2, 0) is 9.53 Å². The summed E-state index contributed by atoms with van der Waals surface area (Å²) in [6.07, 6.45) is 5.36. The van der Waals surface area contributed by atoms with E-state index in [1.54, 1.807) is 7.05 Å². The maximum atomic E-state index is 12.8. The number of rotatable bonds is 8. The van der Waals surface area contributed by atoms with Gasteiger partial charge in [0.25, 0.3) is 0 Å². The first-order valence-electron chi connectivity index (χ1n) is 11.9. The lowest BCUT2D eigenvalue weighted by Gasteiger charge is -2.40. The fourth-order valence-corrected chi connectivity index (χ4v) is 3.73. The standard InChI is InChI=1S/C23H43N5O3.HI/c1-7-17(2)26-20(29)10-13-25-21(24-6)27-14-11-19(12-15-27)28(16-18-8-9-18)22(30)31-23(3,4)5;/h17-19H,7-16H2,1-6H3,(H,24,25)(H,26,29);1H. The Bertz CT molecular complexity index is 626. The summed E-state index contributed by atoms with van der Waals surface area (Å²) in [5, 5.41) is 6.30. The summed E-state index contributed by atoms with van der Waals surface area (Å²) in [5.74, 6) is 1.51. The number of hydrogen-bond acceptors (Lipinski definition) is 4. The molecule has 8 nitrogen and oxygen atoms in total. The average molecular weight is 566 g/mol. The molecule has 0 bridgehead atoms. The molecule has 186 valence electrons. The number of guanidine groups is 1. The zero-order chi connectivity index (χ0) is 23.0. The Hall–Kier alpha value is -1.26. The smallest absolute Gasteiger partial charge is 0.410 e. The molecule has 1 unspecified atom stereocenters. The van der Waals surface area contributed by atoms with Crippen LogP contribution >= 0.6 is 24.0 Å². The Morgan fingerprint density at radius 2 is 1.81 bits per heavy atom. The molecule has 1 saturated heterocycles. The van der Waals surface area contributed by atoms with Gasteiger partial charge in [-0.1, -0.05) is 6.92 Å². The van der Waals surface area contributed by atoms with Gasteiger partial charge in [0.1, 0.15) is 5.60 Å². The van der Waals surface area contributed by atoms with E-state index in [-0.39, 0.29) is 48.1 Å². The molecule has 0 aromatic carbocycles. The second-order valence-electron chi connectivity index (χ2n) is 9.90. The second kappa shape index (κ2) is 13.4. The van der Waals surface area contributed by atoms with E-state index in [2.05, 4.69) is 27.4 Å². The highest BCUT2D eigenvalue weighted by Gasteiger charge is 2.35. The maximum absolute atomic E-state index is 12.8. The van der Waals surface area contributed by atoms with Crippen LogP contribution in [0.15, 0.2) is 4.99 Å². The molecule has 1 aliphatic heterocycles. The number of ether oxygens (including phenoxy) is 1. The molecular formula is C23H44IN5O3. The minimum atomic E-state index is -0.479. The highest BCUT2D eigenvalue weighted by Crippen LogP contribution is 2.32. The molecule has 9 heteroatoms. The molecule has 0 aromatic heterocycles. The molecule has 1 saturated carbocycles. The highest BCUT2D eigenvalue weighted by atomic mass is 127. The van der Waals surface area contributed by atoms with Crippen molar-refractivity contribution < 1.29 is 14.3 Å². The van der Waals surface area contributed by atoms with Crippen LogP contribution in [0, 0.1) is 5.92 Å². The maximum Gasteiger partial charge on any atom is 0.410 e. The van der Waals surface area contributed by atoms with Gasteiger partial charge in [-0.2, -0.15) is 0 Å². The van der Waals surface area contributed by atoms with Crippen molar-refractivity contribution >= 4 is 41.9 Å². The molecule has 1 heterocycles. The van der Waals surface area contributed by atoms with Crippen molar-refractivity contribution in [1.29, 1.82) is 0 Å². The number of piperidine rings is 1. The van der Waals surface area contributed by atoms with Crippen molar-refractivity contribution in [3.63, 3.8) is 0 Å². The lowest BCUT2D eigenvalue weighted by atomic mass is 10.0. The fraction of sp³-hybridized carbons (Fsp3) is 0.870. The van der Waals surface area contributed by atoms with E-state index in [1.807, 2.05) is 32.6 Å². The summed E-state index contributed by atoms with van der Waals surface area (Å²) in [5.41, 5.74) is -0.479. The normalized spacial score (nSPS) is 18.4. The molecular weight excluding hydrogens is 521 g/mol. The molecule has 1 atom stereocenters. The second-order valence-corrected chi connectivity index (χ2v) is 9.90. The highest BCUT2D eigenvalue weighted by molar-refractivity contribution is 14.0. The Balaban J connectivity index is 0.00000512. The van der Waals surface area contributed by atoms with Gasteiger partial charge in [-0.05, 0) is 65.7 Å². The van der Waals surface area contributed by atoms with Crippen molar-refractivity contribution in [2.24, 2.45) is 10.9 Å². The molecule has 0 radical (unpaired) electrons. The van der Waals surface area contributed by atoms with Crippen molar-refractivity contribution in [2.75, 3.05) is 33.2 Å². The lowest BCUT2D eigenvalue weighted by Crippen LogP contribution is -2.52. The number of nitrogens with zero attached hydrogens (tertiary/aromatic N) is 3. The van der Waals surface area contributed by atoms with Gasteiger partial charge in [0.2, 0.25) is 5.91 Å². The summed E-state index contributed by atoms with van der Waals surface area (Å²) in [4.78, 5) is 33.4. The number of amides is 2. The number of nitrogens with one attached hydrogen (secondary N) is 2. The zero-order valence-electron chi connectivity index (χ0n) is 20.8. The third kappa shape index (κ3) is 10.1. The largest absolute Gasteiger partial charge is 0.444 e. The van der Waals surface area contributed by atoms with Crippen molar-refractivity contribution in [3.05, 3.63) is 0 Å². The van der Waals surface area contributed by atoms with E-state index in [0.29, 0.717) is 18.9 Å². The number of carbonyl (C=O) groups is 2. The van der Waals surface area contributed by atoms with Gasteiger partial charge in [0.05, 0.1) is 0 Å². The van der Waals surface area contributed by atoms with Gasteiger partial charge in [-0.25, -0.2) is 4.79 Å². The Labute approximate surface area is 211 Å². The lowest BCUT2D eigenvalue weighted by molar-refractivity contribution is -0.121. The first-order chi connectivity index (χ1) is 14.6. The number of hydrogen-bond donors (Lipinski definition) is 2. The Morgan fingerprint density at radius 1 is 1.19 bits per heavy atom. The topological polar surface area (TPSA) is 86.3 Å². The van der Waals surface area contributed by atoms with Gasteiger partial charge in [-0.15, -0.1) is 24.0 Å². The van der Waals surface area contributed by atoms with Crippen LogP contribution in [0.3, 0.4) is 0 Å². The predicted molar refractivity (Wildman–Crippen MR) is 140 cm³/mol. The molecule has 2 rings (SSSR count). The quantitative estimate of drug-likeness (QED) is 0.267. The number of carbonyl (C=O) groups excluding carboxylic acids is 2. The van der Waals surface area contributed by atoms with Gasteiger partial charge in [-0.3, -0.25) is 9.79 Å². The molecule has 0 spiro atoms. The first kappa shape index (κ1) is 28.8. The fourth-order valence-electron chi connectivity index (χ4n) is 3.73. The van der Waals surface area contributed by atoms with Gasteiger partial charge in [0, 0.05) is 51.7 Å². The van der Waals surface area contributed by atoms with E-state index in [9.17, 15) is 9.59 Å². The summed E-state index contributed by atoms with van der Waals surface area (Å²) >= 11 is 0. The van der Waals surface area contributed by atoms with Crippen LogP contribution in [-0.4, -0.2) is 78.7 Å². The molecule has 2 aliphatic rings. The summed E-state index contributed by atoms with van der Waals surface area (Å²) in [7, 11) is 1.77. The van der Waals surface area contributed by atoms with E-state index < -0.39 is 5.60 Å². The van der Waals surface area contributed by atoms with Gasteiger partial charge in [0.15, 0.2) is 5.96 Å². The third-order valence-electron chi connectivity index (χ3n) is 5.85. The number of aliphatic imine (C=N–C) groups is 1. The van der Waals surface area contributed by atoms with E-state index >= 15 is 0 Å². The van der Waals surface area contributed by atoms with Crippen LogP contribution in [0.2, 0.25) is 0 Å². The summed E-state index contributed by atoms with van der Waals surface area (Å²) in [6.45, 7) is 12.8. The molecule has 2 amide bonds. The minimum Gasteiger partial charge on any atom is -0.444 e. The van der Waals surface area contributed by atoms with Crippen LogP contribution in [0.25, 0.3) is 0 Å². The summed E-state index contributed by atoms with van der Waals surface area (Å²) < 4.78 is 5.69. The number of likely N-dealkylation sites (tertiary alicyclic amines) is 1. The van der Waals surface area contributed by atoms with Gasteiger partial charge < -0.3 is 25.2 Å². The average Bonchev–Trinajstić information content (AvgIpc) is 3.52.